The number of para-hydroxylation sites is 2. The molecule has 1 N–H and O–H groups in total. The van der Waals surface area contributed by atoms with Crippen molar-refractivity contribution in [1.29, 1.82) is 0 Å². The maximum Gasteiger partial charge on any atom is 0.125 e. The van der Waals surface area contributed by atoms with Crippen LogP contribution in [0.3, 0.4) is 0 Å². The van der Waals surface area contributed by atoms with Crippen LogP contribution in [-0.4, -0.2) is 18.3 Å². The summed E-state index contributed by atoms with van der Waals surface area (Å²) in [7, 11) is 0. The minimum Gasteiger partial charge on any atom is -0.493 e. The first-order valence-electron chi connectivity index (χ1n) is 7.41. The Kier molecular flexibility index (Phi) is 4.11. The van der Waals surface area contributed by atoms with E-state index < -0.39 is 6.10 Å². The van der Waals surface area contributed by atoms with Crippen LogP contribution in [0.2, 0.25) is 0 Å². The summed E-state index contributed by atoms with van der Waals surface area (Å²) < 4.78 is 11.6. The minimum atomic E-state index is -0.478. The minimum absolute atomic E-state index is 0.244. The van der Waals surface area contributed by atoms with Gasteiger partial charge in [-0.3, -0.25) is 0 Å². The van der Waals surface area contributed by atoms with Gasteiger partial charge < -0.3 is 14.6 Å². The van der Waals surface area contributed by atoms with Crippen LogP contribution < -0.4 is 9.47 Å². The van der Waals surface area contributed by atoms with Crippen LogP contribution in [0, 0.1) is 0 Å². The predicted molar refractivity (Wildman–Crippen MR) is 81.9 cm³/mol. The van der Waals surface area contributed by atoms with Gasteiger partial charge in [-0.1, -0.05) is 43.3 Å². The fourth-order valence-electron chi connectivity index (χ4n) is 2.66. The maximum atomic E-state index is 10.1. The normalized spacial score (nSPS) is 17.9. The third-order valence-corrected chi connectivity index (χ3v) is 3.90. The molecule has 1 unspecified atom stereocenters. The van der Waals surface area contributed by atoms with E-state index >= 15 is 0 Å². The molecular formula is C18H20O3. The Morgan fingerprint density at radius 1 is 1.19 bits per heavy atom. The molecule has 0 spiro atoms. The second kappa shape index (κ2) is 6.19. The highest BCUT2D eigenvalue weighted by Crippen LogP contribution is 2.34. The number of ether oxygens (including phenoxy) is 2. The summed E-state index contributed by atoms with van der Waals surface area (Å²) in [6, 6.07) is 15.8. The first-order chi connectivity index (χ1) is 10.3. The molecule has 1 heterocycles. The highest BCUT2D eigenvalue weighted by atomic mass is 16.5. The van der Waals surface area contributed by atoms with Crippen LogP contribution in [0.15, 0.2) is 48.5 Å². The van der Waals surface area contributed by atoms with Crippen molar-refractivity contribution < 1.29 is 14.6 Å². The molecule has 2 aromatic rings. The fourth-order valence-corrected chi connectivity index (χ4v) is 2.66. The van der Waals surface area contributed by atoms with Crippen molar-refractivity contribution in [3.63, 3.8) is 0 Å². The lowest BCUT2D eigenvalue weighted by atomic mass is 10.0. The van der Waals surface area contributed by atoms with E-state index in [0.717, 1.165) is 17.1 Å². The Morgan fingerprint density at radius 2 is 1.95 bits per heavy atom. The highest BCUT2D eigenvalue weighted by molar-refractivity contribution is 5.40. The van der Waals surface area contributed by atoms with Crippen LogP contribution in [0.1, 0.15) is 36.5 Å². The van der Waals surface area contributed by atoms with Crippen molar-refractivity contribution in [3.8, 4) is 11.5 Å². The van der Waals surface area contributed by atoms with E-state index in [1.54, 1.807) is 0 Å². The summed E-state index contributed by atoms with van der Waals surface area (Å²) in [5.74, 6) is 1.96. The molecule has 3 rings (SSSR count). The molecule has 110 valence electrons. The molecule has 21 heavy (non-hydrogen) atoms. The van der Waals surface area contributed by atoms with Gasteiger partial charge in [-0.2, -0.15) is 0 Å². The molecule has 1 aliphatic heterocycles. The van der Waals surface area contributed by atoms with Gasteiger partial charge in [0.1, 0.15) is 11.5 Å². The van der Waals surface area contributed by atoms with Crippen molar-refractivity contribution >= 4 is 0 Å². The average Bonchev–Trinajstić information content (AvgIpc) is 2.96. The van der Waals surface area contributed by atoms with E-state index in [2.05, 4.69) is 6.07 Å². The lowest BCUT2D eigenvalue weighted by molar-refractivity contribution is 0.165. The number of benzene rings is 2. The SMILES string of the molecule is CC[C@@H](O)c1ccccc1OCC1COc2ccccc21. The molecular weight excluding hydrogens is 264 g/mol. The smallest absolute Gasteiger partial charge is 0.125 e. The van der Waals surface area contributed by atoms with Gasteiger partial charge in [-0.05, 0) is 18.6 Å². The Labute approximate surface area is 125 Å². The van der Waals surface area contributed by atoms with Gasteiger partial charge >= 0.3 is 0 Å². The number of aliphatic hydroxyl groups excluding tert-OH is 1. The van der Waals surface area contributed by atoms with Crippen molar-refractivity contribution in [2.45, 2.75) is 25.4 Å². The zero-order chi connectivity index (χ0) is 14.7. The predicted octanol–water partition coefficient (Wildman–Crippen LogP) is 3.69. The molecule has 0 saturated carbocycles. The summed E-state index contributed by atoms with van der Waals surface area (Å²) in [6.07, 6.45) is 0.198. The van der Waals surface area contributed by atoms with Crippen molar-refractivity contribution in [2.24, 2.45) is 0 Å². The summed E-state index contributed by atoms with van der Waals surface area (Å²) >= 11 is 0. The molecule has 0 bridgehead atoms. The van der Waals surface area contributed by atoms with E-state index in [0.29, 0.717) is 19.6 Å². The standard InChI is InChI=1S/C18H20O3/c1-2-16(19)15-8-4-6-10-18(15)21-12-13-11-20-17-9-5-3-7-14(13)17/h3-10,13,16,19H,2,11-12H2,1H3/t13?,16-/m1/s1. The fraction of sp³-hybridized carbons (Fsp3) is 0.333. The van der Waals surface area contributed by atoms with Gasteiger partial charge in [0.25, 0.3) is 0 Å². The lowest BCUT2D eigenvalue weighted by Crippen LogP contribution is -2.13. The Morgan fingerprint density at radius 3 is 2.81 bits per heavy atom. The zero-order valence-electron chi connectivity index (χ0n) is 12.2. The number of hydrogen-bond acceptors (Lipinski definition) is 3. The van der Waals surface area contributed by atoms with Gasteiger partial charge in [0.05, 0.1) is 25.2 Å². The lowest BCUT2D eigenvalue weighted by Gasteiger charge is -2.17. The van der Waals surface area contributed by atoms with Crippen LogP contribution >= 0.6 is 0 Å². The van der Waals surface area contributed by atoms with Crippen molar-refractivity contribution in [3.05, 3.63) is 59.7 Å². The number of rotatable bonds is 5. The van der Waals surface area contributed by atoms with Gasteiger partial charge in [-0.15, -0.1) is 0 Å². The van der Waals surface area contributed by atoms with E-state index in [9.17, 15) is 5.11 Å². The quantitative estimate of drug-likeness (QED) is 0.910. The van der Waals surface area contributed by atoms with Crippen molar-refractivity contribution in [1.82, 2.24) is 0 Å². The first-order valence-corrected chi connectivity index (χ1v) is 7.41. The van der Waals surface area contributed by atoms with Gasteiger partial charge in [0.2, 0.25) is 0 Å². The molecule has 3 nitrogen and oxygen atoms in total. The third kappa shape index (κ3) is 2.88. The van der Waals surface area contributed by atoms with Gasteiger partial charge in [0, 0.05) is 11.1 Å². The molecule has 1 aliphatic rings. The van der Waals surface area contributed by atoms with E-state index in [1.165, 1.54) is 5.56 Å². The molecule has 2 atom stereocenters. The summed E-state index contributed by atoms with van der Waals surface area (Å²) in [6.45, 7) is 3.17. The van der Waals surface area contributed by atoms with Gasteiger partial charge in [0.15, 0.2) is 0 Å². The Balaban J connectivity index is 1.72. The molecule has 0 aliphatic carbocycles. The third-order valence-electron chi connectivity index (χ3n) is 3.90. The number of fused-ring (bicyclic) bond motifs is 1. The molecule has 0 radical (unpaired) electrons. The van der Waals surface area contributed by atoms with Crippen molar-refractivity contribution in [2.75, 3.05) is 13.2 Å². The second-order valence-electron chi connectivity index (χ2n) is 5.32. The largest absolute Gasteiger partial charge is 0.493 e. The topological polar surface area (TPSA) is 38.7 Å². The number of hydrogen-bond donors (Lipinski definition) is 1. The maximum absolute atomic E-state index is 10.1. The summed E-state index contributed by atoms with van der Waals surface area (Å²) in [5, 5.41) is 10.1. The molecule has 0 saturated heterocycles. The number of aliphatic hydroxyl groups is 1. The van der Waals surface area contributed by atoms with Crippen LogP contribution in [0.4, 0.5) is 0 Å². The summed E-state index contributed by atoms with van der Waals surface area (Å²) in [4.78, 5) is 0. The molecule has 3 heteroatoms. The van der Waals surface area contributed by atoms with Gasteiger partial charge in [-0.25, -0.2) is 0 Å². The Bertz CT molecular complexity index is 609. The van der Waals surface area contributed by atoms with Crippen LogP contribution in [0.25, 0.3) is 0 Å². The second-order valence-corrected chi connectivity index (χ2v) is 5.32. The monoisotopic (exact) mass is 284 g/mol. The average molecular weight is 284 g/mol. The summed E-state index contributed by atoms with van der Waals surface area (Å²) in [5.41, 5.74) is 2.05. The molecule has 0 aromatic heterocycles. The highest BCUT2D eigenvalue weighted by Gasteiger charge is 2.24. The van der Waals surface area contributed by atoms with Crippen LogP contribution in [-0.2, 0) is 0 Å². The van der Waals surface area contributed by atoms with E-state index in [-0.39, 0.29) is 5.92 Å². The van der Waals surface area contributed by atoms with E-state index in [1.807, 2.05) is 49.4 Å². The molecule has 0 fully saturated rings. The Hall–Kier alpha value is -2.00. The first kappa shape index (κ1) is 14.0. The molecule has 0 amide bonds. The van der Waals surface area contributed by atoms with E-state index in [4.69, 9.17) is 9.47 Å². The zero-order valence-corrected chi connectivity index (χ0v) is 12.2. The molecule has 2 aromatic carbocycles. The van der Waals surface area contributed by atoms with Crippen LogP contribution in [0.5, 0.6) is 11.5 Å².